The van der Waals surface area contributed by atoms with E-state index in [4.69, 9.17) is 16.3 Å². The van der Waals surface area contributed by atoms with Crippen LogP contribution < -0.4 is 15.4 Å². The molecule has 17 heteroatoms. The zero-order valence-corrected chi connectivity index (χ0v) is 30.4. The number of benzene rings is 2. The van der Waals surface area contributed by atoms with Crippen LogP contribution in [0.4, 0.5) is 23.7 Å². The molecular weight excluding hydrogens is 727 g/mol. The molecule has 2 saturated carbocycles. The molecule has 52 heavy (non-hydrogen) atoms. The van der Waals surface area contributed by atoms with Gasteiger partial charge >= 0.3 is 12.3 Å². The molecule has 0 aromatic heterocycles. The minimum atomic E-state index is -4.62. The van der Waals surface area contributed by atoms with Crippen molar-refractivity contribution in [1.29, 1.82) is 0 Å². The Bertz CT molecular complexity index is 1870. The maximum atomic E-state index is 14.3. The normalized spacial score (nSPS) is 24.7. The van der Waals surface area contributed by atoms with Gasteiger partial charge < -0.3 is 20.3 Å². The summed E-state index contributed by atoms with van der Waals surface area (Å²) in [7, 11) is -3.92. The van der Waals surface area contributed by atoms with E-state index in [1.807, 2.05) is 6.07 Å². The number of amides is 4. The van der Waals surface area contributed by atoms with Crippen molar-refractivity contribution in [3.8, 4) is 0 Å². The molecule has 3 N–H and O–H groups in total. The highest BCUT2D eigenvalue weighted by Gasteiger charge is 2.62. The average molecular weight is 768 g/mol. The maximum Gasteiger partial charge on any atom is 0.416 e. The van der Waals surface area contributed by atoms with Crippen LogP contribution in [0.3, 0.4) is 0 Å². The fourth-order valence-corrected chi connectivity index (χ4v) is 8.67. The number of nitrogens with zero attached hydrogens (tertiary/aromatic N) is 2. The monoisotopic (exact) mass is 767 g/mol. The third-order valence-electron chi connectivity index (χ3n) is 10.3. The SMILES string of the molecule is CC[C@@H]1C[C@]1(NC(=O)[C@@H]1C[C@@H](OC(=O)N2Cc3cccc(Cl)c3C2)CN1C(=O)[C@@H](Nc1cccc(C(F)(F)F)c1)C(C)C)C(=O)NS(=O)(=O)C1CC1. The van der Waals surface area contributed by atoms with Crippen molar-refractivity contribution in [3.05, 3.63) is 64.2 Å². The largest absolute Gasteiger partial charge is 0.444 e. The summed E-state index contributed by atoms with van der Waals surface area (Å²) in [5.41, 5.74) is -0.762. The number of nitrogens with one attached hydrogen (secondary N) is 3. The van der Waals surface area contributed by atoms with Gasteiger partial charge in [0.1, 0.15) is 23.7 Å². The summed E-state index contributed by atoms with van der Waals surface area (Å²) in [6.45, 7) is 5.41. The first-order valence-corrected chi connectivity index (χ1v) is 19.2. The van der Waals surface area contributed by atoms with E-state index in [0.29, 0.717) is 24.3 Å². The fourth-order valence-electron chi connectivity index (χ4n) is 7.05. The van der Waals surface area contributed by atoms with Crippen LogP contribution in [0.5, 0.6) is 0 Å². The molecule has 0 unspecified atom stereocenters. The number of carbonyl (C=O) groups is 4. The van der Waals surface area contributed by atoms with Gasteiger partial charge in [-0.3, -0.25) is 24.0 Å². The van der Waals surface area contributed by atoms with Crippen molar-refractivity contribution in [3.63, 3.8) is 0 Å². The number of likely N-dealkylation sites (tertiary alicyclic amines) is 1. The van der Waals surface area contributed by atoms with Gasteiger partial charge in [-0.05, 0) is 66.5 Å². The van der Waals surface area contributed by atoms with Crippen LogP contribution in [-0.2, 0) is 48.4 Å². The first-order chi connectivity index (χ1) is 24.4. The number of rotatable bonds is 11. The van der Waals surface area contributed by atoms with Crippen molar-refractivity contribution in [2.45, 2.75) is 101 Å². The van der Waals surface area contributed by atoms with Crippen molar-refractivity contribution < 1.29 is 45.5 Å². The molecule has 3 fully saturated rings. The number of hydrogen-bond acceptors (Lipinski definition) is 8. The lowest BCUT2D eigenvalue weighted by atomic mass is 10.0. The Balaban J connectivity index is 1.24. The van der Waals surface area contributed by atoms with E-state index < -0.39 is 80.5 Å². The summed E-state index contributed by atoms with van der Waals surface area (Å²) < 4.78 is 73.7. The van der Waals surface area contributed by atoms with Crippen molar-refractivity contribution in [2.75, 3.05) is 11.9 Å². The first kappa shape index (κ1) is 37.7. The third kappa shape index (κ3) is 7.68. The number of carbonyl (C=O) groups excluding carboxylic acids is 4. The van der Waals surface area contributed by atoms with E-state index >= 15 is 0 Å². The van der Waals surface area contributed by atoms with E-state index in [1.54, 1.807) is 32.9 Å². The van der Waals surface area contributed by atoms with Crippen molar-refractivity contribution in [1.82, 2.24) is 19.8 Å². The summed E-state index contributed by atoms with van der Waals surface area (Å²) >= 11 is 6.33. The first-order valence-electron chi connectivity index (χ1n) is 17.3. The molecule has 2 aromatic carbocycles. The van der Waals surface area contributed by atoms with Gasteiger partial charge in [0.25, 0.3) is 5.91 Å². The molecule has 2 aliphatic heterocycles. The van der Waals surface area contributed by atoms with E-state index in [0.717, 1.165) is 23.3 Å². The summed E-state index contributed by atoms with van der Waals surface area (Å²) in [5.74, 6) is -3.07. The second kappa shape index (κ2) is 14.1. The van der Waals surface area contributed by atoms with Gasteiger partial charge in [0.05, 0.1) is 23.9 Å². The standard InChI is InChI=1S/C35H41ClF3N5O7S/c1-4-21-15-34(21,32(47)42-52(49,50)25-11-12-25)41-30(45)28-14-24(51-33(48)43-16-20-7-5-10-27(36)26(20)18-43)17-44(28)31(46)29(19(2)3)40-23-9-6-8-22(13-23)35(37,38)39/h5-10,13,19,21,24-25,28-29,40H,4,11-12,14-18H2,1-3H3,(H,41,45)(H,42,47)/t21-,24-,28+,29+,34-/m1/s1. The molecular formula is C35H41ClF3N5O7S. The molecule has 4 amide bonds. The predicted octanol–water partition coefficient (Wildman–Crippen LogP) is 4.81. The fraction of sp³-hybridized carbons (Fsp3) is 0.543. The Morgan fingerprint density at radius 2 is 1.79 bits per heavy atom. The number of alkyl halides is 3. The average Bonchev–Trinajstić information content (AvgIpc) is 3.97. The van der Waals surface area contributed by atoms with Crippen molar-refractivity contribution >= 4 is 51.1 Å². The zero-order valence-electron chi connectivity index (χ0n) is 28.8. The highest BCUT2D eigenvalue weighted by atomic mass is 35.5. The number of ether oxygens (including phenoxy) is 1. The van der Waals surface area contributed by atoms with Crippen LogP contribution in [0, 0.1) is 11.8 Å². The van der Waals surface area contributed by atoms with Crippen LogP contribution in [0.25, 0.3) is 0 Å². The minimum absolute atomic E-state index is 0.0357. The molecule has 0 spiro atoms. The quantitative estimate of drug-likeness (QED) is 0.295. The Kier molecular flexibility index (Phi) is 10.2. The maximum absolute atomic E-state index is 14.3. The lowest BCUT2D eigenvalue weighted by Crippen LogP contribution is -2.58. The van der Waals surface area contributed by atoms with Gasteiger partial charge in [-0.1, -0.05) is 57.0 Å². The molecule has 2 aliphatic carbocycles. The highest BCUT2D eigenvalue weighted by molar-refractivity contribution is 7.91. The number of halogens is 4. The molecule has 6 rings (SSSR count). The number of hydrogen-bond donors (Lipinski definition) is 3. The number of anilines is 1. The number of fused-ring (bicyclic) bond motifs is 1. The van der Waals surface area contributed by atoms with E-state index in [1.165, 1.54) is 21.9 Å². The lowest BCUT2D eigenvalue weighted by molar-refractivity contribution is -0.140. The van der Waals surface area contributed by atoms with Gasteiger partial charge in [-0.15, -0.1) is 0 Å². The molecule has 5 atom stereocenters. The lowest BCUT2D eigenvalue weighted by Gasteiger charge is -2.32. The summed E-state index contributed by atoms with van der Waals surface area (Å²) in [6, 6.07) is 7.38. The third-order valence-corrected chi connectivity index (χ3v) is 12.5. The molecule has 4 aliphatic rings. The van der Waals surface area contributed by atoms with Gasteiger partial charge in [-0.25, -0.2) is 13.2 Å². The van der Waals surface area contributed by atoms with Crippen LogP contribution in [-0.4, -0.2) is 77.6 Å². The Morgan fingerprint density at radius 1 is 1.08 bits per heavy atom. The van der Waals surface area contributed by atoms with E-state index in [-0.39, 0.29) is 44.1 Å². The van der Waals surface area contributed by atoms with Crippen molar-refractivity contribution in [2.24, 2.45) is 11.8 Å². The molecule has 1 saturated heterocycles. The van der Waals surface area contributed by atoms with E-state index in [2.05, 4.69) is 15.4 Å². The van der Waals surface area contributed by atoms with Crippen LogP contribution >= 0.6 is 11.6 Å². The van der Waals surface area contributed by atoms with Crippen LogP contribution in [0.2, 0.25) is 5.02 Å². The van der Waals surface area contributed by atoms with Crippen LogP contribution in [0.15, 0.2) is 42.5 Å². The Hall–Kier alpha value is -4.05. The van der Waals surface area contributed by atoms with Gasteiger partial charge in [0.15, 0.2) is 0 Å². The van der Waals surface area contributed by atoms with Gasteiger partial charge in [-0.2, -0.15) is 13.2 Å². The highest BCUT2D eigenvalue weighted by Crippen LogP contribution is 2.47. The minimum Gasteiger partial charge on any atom is -0.444 e. The Morgan fingerprint density at radius 3 is 2.40 bits per heavy atom. The summed E-state index contributed by atoms with van der Waals surface area (Å²) in [5, 5.41) is 5.48. The molecule has 282 valence electrons. The molecule has 0 bridgehead atoms. The van der Waals surface area contributed by atoms with Gasteiger partial charge in [0, 0.05) is 23.7 Å². The molecule has 0 radical (unpaired) electrons. The summed E-state index contributed by atoms with van der Waals surface area (Å²) in [6.07, 6.45) is -4.91. The van der Waals surface area contributed by atoms with Crippen LogP contribution in [0.1, 0.15) is 69.6 Å². The van der Waals surface area contributed by atoms with E-state index in [9.17, 15) is 40.8 Å². The predicted molar refractivity (Wildman–Crippen MR) is 184 cm³/mol. The topological polar surface area (TPSA) is 154 Å². The molecule has 2 aromatic rings. The second-order valence-electron chi connectivity index (χ2n) is 14.4. The Labute approximate surface area is 304 Å². The summed E-state index contributed by atoms with van der Waals surface area (Å²) in [4.78, 5) is 57.9. The van der Waals surface area contributed by atoms with Gasteiger partial charge in [0.2, 0.25) is 21.8 Å². The zero-order chi connectivity index (χ0) is 37.7. The molecule has 12 nitrogen and oxygen atoms in total. The molecule has 2 heterocycles. The second-order valence-corrected chi connectivity index (χ2v) is 16.7. The smallest absolute Gasteiger partial charge is 0.416 e. The number of sulfonamides is 1.